The van der Waals surface area contributed by atoms with Crippen LogP contribution < -0.4 is 10.5 Å². The van der Waals surface area contributed by atoms with Gasteiger partial charge < -0.3 is 15.4 Å². The van der Waals surface area contributed by atoms with Crippen LogP contribution in [0.15, 0.2) is 24.3 Å². The summed E-state index contributed by atoms with van der Waals surface area (Å²) in [7, 11) is 0. The Morgan fingerprint density at radius 2 is 2.17 bits per heavy atom. The van der Waals surface area contributed by atoms with Gasteiger partial charge in [0.25, 0.3) is 0 Å². The SMILES string of the molecule is CCOc1ccc(CC(=O)N2CC[C@@H](N)C2)cc1. The summed E-state index contributed by atoms with van der Waals surface area (Å²) in [6.07, 6.45) is 1.36. The van der Waals surface area contributed by atoms with Gasteiger partial charge in [0.2, 0.25) is 5.91 Å². The molecule has 1 aliphatic heterocycles. The molecule has 2 rings (SSSR count). The number of nitrogens with zero attached hydrogens (tertiary/aromatic N) is 1. The number of ether oxygens (including phenoxy) is 1. The van der Waals surface area contributed by atoms with Gasteiger partial charge in [-0.2, -0.15) is 0 Å². The smallest absolute Gasteiger partial charge is 0.227 e. The van der Waals surface area contributed by atoms with Gasteiger partial charge >= 0.3 is 0 Å². The molecule has 0 aromatic heterocycles. The molecule has 0 spiro atoms. The molecule has 0 bridgehead atoms. The number of hydrogen-bond donors (Lipinski definition) is 1. The summed E-state index contributed by atoms with van der Waals surface area (Å²) in [6, 6.07) is 7.84. The number of carbonyl (C=O) groups is 1. The summed E-state index contributed by atoms with van der Waals surface area (Å²) >= 11 is 0. The van der Waals surface area contributed by atoms with Crippen LogP contribution in [0.25, 0.3) is 0 Å². The fourth-order valence-electron chi connectivity index (χ4n) is 2.17. The van der Waals surface area contributed by atoms with Crippen molar-refractivity contribution in [1.82, 2.24) is 4.90 Å². The first-order valence-electron chi connectivity index (χ1n) is 6.44. The van der Waals surface area contributed by atoms with Crippen LogP contribution in [-0.4, -0.2) is 36.5 Å². The molecular weight excluding hydrogens is 228 g/mol. The molecule has 1 aromatic rings. The molecule has 1 saturated heterocycles. The van der Waals surface area contributed by atoms with Gasteiger partial charge in [0.1, 0.15) is 5.75 Å². The summed E-state index contributed by atoms with van der Waals surface area (Å²) in [4.78, 5) is 13.9. The van der Waals surface area contributed by atoms with Crippen LogP contribution in [0.3, 0.4) is 0 Å². The van der Waals surface area contributed by atoms with Gasteiger partial charge in [-0.1, -0.05) is 12.1 Å². The van der Waals surface area contributed by atoms with Crippen molar-refractivity contribution in [1.29, 1.82) is 0 Å². The zero-order chi connectivity index (χ0) is 13.0. The van der Waals surface area contributed by atoms with Crippen molar-refractivity contribution in [2.24, 2.45) is 5.73 Å². The first kappa shape index (κ1) is 12.9. The lowest BCUT2D eigenvalue weighted by Gasteiger charge is -2.15. The molecule has 1 atom stereocenters. The molecule has 1 heterocycles. The Balaban J connectivity index is 1.90. The summed E-state index contributed by atoms with van der Waals surface area (Å²) < 4.78 is 5.37. The van der Waals surface area contributed by atoms with Crippen molar-refractivity contribution in [2.45, 2.75) is 25.8 Å². The molecule has 4 nitrogen and oxygen atoms in total. The van der Waals surface area contributed by atoms with Crippen LogP contribution >= 0.6 is 0 Å². The molecule has 0 unspecified atom stereocenters. The molecule has 0 aliphatic carbocycles. The molecule has 4 heteroatoms. The van der Waals surface area contributed by atoms with Crippen molar-refractivity contribution in [3.63, 3.8) is 0 Å². The Labute approximate surface area is 108 Å². The minimum atomic E-state index is 0.147. The number of hydrogen-bond acceptors (Lipinski definition) is 3. The number of likely N-dealkylation sites (tertiary alicyclic amines) is 1. The lowest BCUT2D eigenvalue weighted by molar-refractivity contribution is -0.129. The normalized spacial score (nSPS) is 19.0. The molecule has 18 heavy (non-hydrogen) atoms. The predicted molar refractivity (Wildman–Crippen MR) is 70.5 cm³/mol. The van der Waals surface area contributed by atoms with Crippen molar-refractivity contribution in [2.75, 3.05) is 19.7 Å². The highest BCUT2D eigenvalue weighted by Crippen LogP contribution is 2.14. The maximum Gasteiger partial charge on any atom is 0.227 e. The molecule has 0 radical (unpaired) electrons. The van der Waals surface area contributed by atoms with Crippen molar-refractivity contribution in [3.8, 4) is 5.75 Å². The maximum absolute atomic E-state index is 12.0. The van der Waals surface area contributed by atoms with E-state index in [1.54, 1.807) is 0 Å². The van der Waals surface area contributed by atoms with E-state index in [1.165, 1.54) is 0 Å². The van der Waals surface area contributed by atoms with Crippen molar-refractivity contribution in [3.05, 3.63) is 29.8 Å². The second-order valence-corrected chi connectivity index (χ2v) is 4.64. The zero-order valence-corrected chi connectivity index (χ0v) is 10.8. The second kappa shape index (κ2) is 5.87. The molecule has 98 valence electrons. The van der Waals surface area contributed by atoms with Crippen LogP contribution in [0, 0.1) is 0 Å². The zero-order valence-electron chi connectivity index (χ0n) is 10.8. The Morgan fingerprint density at radius 1 is 1.44 bits per heavy atom. The number of amides is 1. The van der Waals surface area contributed by atoms with Gasteiger partial charge in [-0.05, 0) is 31.0 Å². The van der Waals surface area contributed by atoms with Crippen LogP contribution in [0.4, 0.5) is 0 Å². The summed E-state index contributed by atoms with van der Waals surface area (Å²) in [5.74, 6) is 1.00. The molecule has 1 amide bonds. The van der Waals surface area contributed by atoms with Gasteiger partial charge in [0.05, 0.1) is 13.0 Å². The van der Waals surface area contributed by atoms with Crippen LogP contribution in [0.1, 0.15) is 18.9 Å². The van der Waals surface area contributed by atoms with E-state index in [4.69, 9.17) is 10.5 Å². The van der Waals surface area contributed by atoms with E-state index < -0.39 is 0 Å². The minimum absolute atomic E-state index is 0.147. The molecule has 1 fully saturated rings. The highest BCUT2D eigenvalue weighted by atomic mass is 16.5. The van der Waals surface area contributed by atoms with Gasteiger partial charge in [-0.25, -0.2) is 0 Å². The highest BCUT2D eigenvalue weighted by Gasteiger charge is 2.23. The Morgan fingerprint density at radius 3 is 2.72 bits per heavy atom. The van der Waals surface area contributed by atoms with Gasteiger partial charge in [0, 0.05) is 19.1 Å². The predicted octanol–water partition coefficient (Wildman–Crippen LogP) is 1.19. The standard InChI is InChI=1S/C14H20N2O2/c1-2-18-13-5-3-11(4-6-13)9-14(17)16-8-7-12(15)10-16/h3-6,12H,2,7-10,15H2,1H3/t12-/m1/s1. The lowest BCUT2D eigenvalue weighted by Crippen LogP contribution is -2.32. The van der Waals surface area contributed by atoms with Crippen LogP contribution in [0.5, 0.6) is 5.75 Å². The number of nitrogens with two attached hydrogens (primary N) is 1. The number of carbonyl (C=O) groups excluding carboxylic acids is 1. The minimum Gasteiger partial charge on any atom is -0.494 e. The first-order chi connectivity index (χ1) is 8.69. The Bertz CT molecular complexity index is 403. The fourth-order valence-corrected chi connectivity index (χ4v) is 2.17. The van der Waals surface area contributed by atoms with Crippen LogP contribution in [0.2, 0.25) is 0 Å². The summed E-state index contributed by atoms with van der Waals surface area (Å²) in [6.45, 7) is 4.09. The van der Waals surface area contributed by atoms with Crippen molar-refractivity contribution < 1.29 is 9.53 Å². The van der Waals surface area contributed by atoms with E-state index in [0.717, 1.165) is 24.3 Å². The lowest BCUT2D eigenvalue weighted by atomic mass is 10.1. The third-order valence-electron chi connectivity index (χ3n) is 3.17. The third kappa shape index (κ3) is 3.23. The van der Waals surface area contributed by atoms with E-state index >= 15 is 0 Å². The molecule has 0 saturated carbocycles. The fraction of sp³-hybridized carbons (Fsp3) is 0.500. The van der Waals surface area contributed by atoms with E-state index in [0.29, 0.717) is 19.6 Å². The third-order valence-corrected chi connectivity index (χ3v) is 3.17. The Hall–Kier alpha value is -1.55. The number of benzene rings is 1. The van der Waals surface area contributed by atoms with E-state index in [1.807, 2.05) is 36.1 Å². The average Bonchev–Trinajstić information content (AvgIpc) is 2.79. The first-order valence-corrected chi connectivity index (χ1v) is 6.44. The highest BCUT2D eigenvalue weighted by molar-refractivity contribution is 5.79. The molecule has 1 aliphatic rings. The molecule has 2 N–H and O–H groups in total. The second-order valence-electron chi connectivity index (χ2n) is 4.64. The van der Waals surface area contributed by atoms with Gasteiger partial charge in [-0.15, -0.1) is 0 Å². The largest absolute Gasteiger partial charge is 0.494 e. The molecular formula is C14H20N2O2. The van der Waals surface area contributed by atoms with E-state index in [9.17, 15) is 4.79 Å². The van der Waals surface area contributed by atoms with Crippen LogP contribution in [-0.2, 0) is 11.2 Å². The molecule has 1 aromatic carbocycles. The topological polar surface area (TPSA) is 55.6 Å². The van der Waals surface area contributed by atoms with Gasteiger partial charge in [-0.3, -0.25) is 4.79 Å². The summed E-state index contributed by atoms with van der Waals surface area (Å²) in [5, 5.41) is 0. The number of rotatable bonds is 4. The van der Waals surface area contributed by atoms with Crippen molar-refractivity contribution >= 4 is 5.91 Å². The van der Waals surface area contributed by atoms with E-state index in [2.05, 4.69) is 0 Å². The quantitative estimate of drug-likeness (QED) is 0.870. The van der Waals surface area contributed by atoms with E-state index in [-0.39, 0.29) is 11.9 Å². The average molecular weight is 248 g/mol. The monoisotopic (exact) mass is 248 g/mol. The van der Waals surface area contributed by atoms with Gasteiger partial charge in [0.15, 0.2) is 0 Å². The Kier molecular flexibility index (Phi) is 4.20. The maximum atomic E-state index is 12.0. The summed E-state index contributed by atoms with van der Waals surface area (Å²) in [5.41, 5.74) is 6.82.